The van der Waals surface area contributed by atoms with Crippen LogP contribution < -0.4 is 4.74 Å². The van der Waals surface area contributed by atoms with Crippen LogP contribution in [0.25, 0.3) is 0 Å². The molecule has 0 spiro atoms. The second-order valence-corrected chi connectivity index (χ2v) is 9.31. The summed E-state index contributed by atoms with van der Waals surface area (Å²) in [6.45, 7) is 2.94. The Morgan fingerprint density at radius 2 is 1.67 bits per heavy atom. The molecule has 4 heteroatoms. The van der Waals surface area contributed by atoms with Crippen molar-refractivity contribution in [1.82, 2.24) is 0 Å². The van der Waals surface area contributed by atoms with Gasteiger partial charge in [-0.3, -0.25) is 0 Å². The first-order valence-electron chi connectivity index (χ1n) is 11.0. The van der Waals surface area contributed by atoms with Gasteiger partial charge in [0.1, 0.15) is 18.2 Å². The zero-order valence-corrected chi connectivity index (χ0v) is 19.9. The molecule has 0 bridgehead atoms. The van der Waals surface area contributed by atoms with E-state index in [1.807, 2.05) is 37.3 Å². The molecule has 4 aromatic carbocycles. The quantitative estimate of drug-likeness (QED) is 0.276. The number of benzene rings is 4. The largest absolute Gasteiger partial charge is 0.489 e. The molecule has 0 fully saturated rings. The van der Waals surface area contributed by atoms with E-state index in [9.17, 15) is 4.39 Å². The smallest absolute Gasteiger partial charge is 0.123 e. The first-order chi connectivity index (χ1) is 16.1. The third kappa shape index (κ3) is 4.73. The summed E-state index contributed by atoms with van der Waals surface area (Å²) in [4.78, 5) is 0. The maximum Gasteiger partial charge on any atom is 0.123 e. The van der Waals surface area contributed by atoms with Gasteiger partial charge in [-0.1, -0.05) is 70.5 Å². The van der Waals surface area contributed by atoms with Crippen LogP contribution in [-0.2, 0) is 18.0 Å². The number of halogens is 2. The van der Waals surface area contributed by atoms with Gasteiger partial charge in [-0.05, 0) is 76.7 Å². The summed E-state index contributed by atoms with van der Waals surface area (Å²) in [6, 6.07) is 29.7. The van der Waals surface area contributed by atoms with Crippen LogP contribution in [-0.4, -0.2) is 0 Å². The van der Waals surface area contributed by atoms with Crippen LogP contribution in [0.2, 0.25) is 0 Å². The van der Waals surface area contributed by atoms with Gasteiger partial charge in [0.15, 0.2) is 0 Å². The Morgan fingerprint density at radius 1 is 0.909 bits per heavy atom. The van der Waals surface area contributed by atoms with Gasteiger partial charge >= 0.3 is 0 Å². The average Bonchev–Trinajstić information content (AvgIpc) is 2.83. The molecule has 0 N–H and O–H groups in total. The monoisotopic (exact) mass is 502 g/mol. The Kier molecular flexibility index (Phi) is 6.30. The Hall–Kier alpha value is -2.95. The normalized spacial score (nSPS) is 17.4. The van der Waals surface area contributed by atoms with Crippen molar-refractivity contribution in [3.8, 4) is 5.75 Å². The molecule has 0 saturated carbocycles. The fourth-order valence-corrected chi connectivity index (χ4v) is 4.80. The minimum Gasteiger partial charge on any atom is -0.489 e. The molecule has 1 aliphatic rings. The third-order valence-corrected chi connectivity index (χ3v) is 6.72. The standard InChI is InChI=1S/C29H24BrFO2/c1-19-15-24(31)11-13-26(19)29-28(21-7-9-23(30)10-8-21)27-14-12-25(16-22(27)18-33-29)32-17-20-5-3-2-4-6-20/h2-16,28-29H,17-18H2,1H3. The Balaban J connectivity index is 1.50. The van der Waals surface area contributed by atoms with Crippen molar-refractivity contribution < 1.29 is 13.9 Å². The number of ether oxygens (including phenoxy) is 2. The van der Waals surface area contributed by atoms with Crippen LogP contribution in [0.4, 0.5) is 4.39 Å². The van der Waals surface area contributed by atoms with E-state index >= 15 is 0 Å². The number of hydrogen-bond donors (Lipinski definition) is 0. The molecule has 0 radical (unpaired) electrons. The van der Waals surface area contributed by atoms with E-state index in [1.165, 1.54) is 11.6 Å². The molecule has 1 heterocycles. The summed E-state index contributed by atoms with van der Waals surface area (Å²) in [5.74, 6) is 0.592. The fraction of sp³-hybridized carbons (Fsp3) is 0.172. The van der Waals surface area contributed by atoms with Crippen LogP contribution in [0.5, 0.6) is 5.75 Å². The van der Waals surface area contributed by atoms with E-state index < -0.39 is 0 Å². The molecule has 4 aromatic rings. The predicted molar refractivity (Wildman–Crippen MR) is 132 cm³/mol. The highest BCUT2D eigenvalue weighted by atomic mass is 79.9. The van der Waals surface area contributed by atoms with Gasteiger partial charge in [0.25, 0.3) is 0 Å². The van der Waals surface area contributed by atoms with Gasteiger partial charge in [-0.2, -0.15) is 0 Å². The molecule has 33 heavy (non-hydrogen) atoms. The summed E-state index contributed by atoms with van der Waals surface area (Å²) in [5, 5.41) is 0. The molecule has 1 aliphatic heterocycles. The van der Waals surface area contributed by atoms with Crippen LogP contribution >= 0.6 is 15.9 Å². The van der Waals surface area contributed by atoms with E-state index in [2.05, 4.69) is 64.5 Å². The van der Waals surface area contributed by atoms with E-state index in [0.29, 0.717) is 13.2 Å². The van der Waals surface area contributed by atoms with Gasteiger partial charge in [0.05, 0.1) is 12.7 Å². The van der Waals surface area contributed by atoms with Crippen LogP contribution in [0.15, 0.2) is 95.5 Å². The first kappa shape index (κ1) is 21.9. The number of aryl methyl sites for hydroxylation is 1. The minimum atomic E-state index is -0.229. The van der Waals surface area contributed by atoms with Crippen molar-refractivity contribution in [2.45, 2.75) is 32.2 Å². The molecule has 2 unspecified atom stereocenters. The molecule has 2 atom stereocenters. The third-order valence-electron chi connectivity index (χ3n) is 6.19. The van der Waals surface area contributed by atoms with Crippen molar-refractivity contribution in [2.75, 3.05) is 0 Å². The molecule has 0 aromatic heterocycles. The molecule has 5 rings (SSSR count). The Morgan fingerprint density at radius 3 is 2.42 bits per heavy atom. The first-order valence-corrected chi connectivity index (χ1v) is 11.8. The summed E-state index contributed by atoms with van der Waals surface area (Å²) < 4.78 is 27.3. The molecule has 0 saturated heterocycles. The molecule has 0 aliphatic carbocycles. The van der Waals surface area contributed by atoms with Gasteiger partial charge in [-0.25, -0.2) is 4.39 Å². The number of rotatable bonds is 5. The lowest BCUT2D eigenvalue weighted by Gasteiger charge is -2.35. The van der Waals surface area contributed by atoms with Crippen LogP contribution in [0.3, 0.4) is 0 Å². The maximum atomic E-state index is 13.8. The van der Waals surface area contributed by atoms with Crippen molar-refractivity contribution in [2.24, 2.45) is 0 Å². The van der Waals surface area contributed by atoms with Gasteiger partial charge in [-0.15, -0.1) is 0 Å². The lowest BCUT2D eigenvalue weighted by molar-refractivity contribution is 0.0143. The van der Waals surface area contributed by atoms with Gasteiger partial charge < -0.3 is 9.47 Å². The van der Waals surface area contributed by atoms with E-state index in [0.717, 1.165) is 38.0 Å². The second kappa shape index (κ2) is 9.50. The highest BCUT2D eigenvalue weighted by Crippen LogP contribution is 2.46. The molecular weight excluding hydrogens is 479 g/mol. The highest BCUT2D eigenvalue weighted by Gasteiger charge is 2.34. The average molecular weight is 503 g/mol. The maximum absolute atomic E-state index is 13.8. The highest BCUT2D eigenvalue weighted by molar-refractivity contribution is 9.10. The molecule has 2 nitrogen and oxygen atoms in total. The second-order valence-electron chi connectivity index (χ2n) is 8.40. The molecular formula is C29H24BrFO2. The lowest BCUT2D eigenvalue weighted by atomic mass is 9.79. The molecule has 166 valence electrons. The summed E-state index contributed by atoms with van der Waals surface area (Å²) in [7, 11) is 0. The number of hydrogen-bond acceptors (Lipinski definition) is 2. The van der Waals surface area contributed by atoms with Crippen LogP contribution in [0.1, 0.15) is 45.4 Å². The number of fused-ring (bicyclic) bond motifs is 1. The van der Waals surface area contributed by atoms with Gasteiger partial charge in [0, 0.05) is 10.4 Å². The Bertz CT molecular complexity index is 1250. The fourth-order valence-electron chi connectivity index (χ4n) is 4.53. The lowest BCUT2D eigenvalue weighted by Crippen LogP contribution is -2.23. The topological polar surface area (TPSA) is 18.5 Å². The van der Waals surface area contributed by atoms with E-state index in [4.69, 9.17) is 9.47 Å². The zero-order valence-electron chi connectivity index (χ0n) is 18.3. The SMILES string of the molecule is Cc1cc(F)ccc1C1OCc2cc(OCc3ccccc3)ccc2C1c1ccc(Br)cc1. The van der Waals surface area contributed by atoms with Crippen molar-refractivity contribution in [1.29, 1.82) is 0 Å². The summed E-state index contributed by atoms with van der Waals surface area (Å²) >= 11 is 3.54. The van der Waals surface area contributed by atoms with Crippen LogP contribution in [0, 0.1) is 12.7 Å². The minimum absolute atomic E-state index is 0.00538. The van der Waals surface area contributed by atoms with Gasteiger partial charge in [0.2, 0.25) is 0 Å². The molecule has 0 amide bonds. The van der Waals surface area contributed by atoms with Crippen molar-refractivity contribution in [3.05, 3.63) is 135 Å². The van der Waals surface area contributed by atoms with Crippen molar-refractivity contribution >= 4 is 15.9 Å². The predicted octanol–water partition coefficient (Wildman–Crippen LogP) is 7.88. The summed E-state index contributed by atoms with van der Waals surface area (Å²) in [6.07, 6.45) is -0.199. The van der Waals surface area contributed by atoms with Crippen molar-refractivity contribution in [3.63, 3.8) is 0 Å². The summed E-state index contributed by atoms with van der Waals surface area (Å²) in [5.41, 5.74) is 6.53. The Labute approximate surface area is 202 Å². The van der Waals surface area contributed by atoms with E-state index in [-0.39, 0.29) is 17.8 Å². The zero-order chi connectivity index (χ0) is 22.8. The van der Waals surface area contributed by atoms with E-state index in [1.54, 1.807) is 6.07 Å².